The van der Waals surface area contributed by atoms with Crippen molar-refractivity contribution in [2.45, 2.75) is 44.8 Å². The Morgan fingerprint density at radius 2 is 2.14 bits per heavy atom. The summed E-state index contributed by atoms with van der Waals surface area (Å²) in [4.78, 5) is 26.2. The number of ether oxygens (including phenoxy) is 1. The maximum atomic E-state index is 12.8. The first-order chi connectivity index (χ1) is 10.1. The molecule has 1 fully saturated rings. The molecule has 5 heteroatoms. The molecule has 2 unspecified atom stereocenters. The van der Waals surface area contributed by atoms with Gasteiger partial charge in [0.05, 0.1) is 12.2 Å². The van der Waals surface area contributed by atoms with Crippen molar-refractivity contribution in [3.8, 4) is 5.75 Å². The van der Waals surface area contributed by atoms with Gasteiger partial charge in [0.25, 0.3) is 0 Å². The van der Waals surface area contributed by atoms with E-state index in [2.05, 4.69) is 5.32 Å². The molecule has 1 aromatic rings. The van der Waals surface area contributed by atoms with E-state index in [4.69, 9.17) is 4.74 Å². The van der Waals surface area contributed by atoms with Crippen LogP contribution in [0.25, 0.3) is 0 Å². The zero-order chi connectivity index (χ0) is 14.8. The number of anilines is 1. The standard InChI is InChI=1S/C16H20N2O3/c1-11-10-18(13-7-3-4-8-14(13)21-11)16(20)12-6-2-5-9-15(19)17-12/h3-4,7-8,11-12H,2,5-6,9-10H2,1H3,(H,17,19). The van der Waals surface area contributed by atoms with Crippen molar-refractivity contribution in [2.24, 2.45) is 0 Å². The molecular formula is C16H20N2O3. The number of carbonyl (C=O) groups excluding carboxylic acids is 2. The van der Waals surface area contributed by atoms with Crippen LogP contribution in [-0.2, 0) is 9.59 Å². The number of nitrogens with one attached hydrogen (secondary N) is 1. The van der Waals surface area contributed by atoms with E-state index in [1.54, 1.807) is 4.90 Å². The third-order valence-corrected chi connectivity index (χ3v) is 3.97. The Morgan fingerprint density at radius 3 is 3.00 bits per heavy atom. The summed E-state index contributed by atoms with van der Waals surface area (Å²) in [7, 11) is 0. The second-order valence-corrected chi connectivity index (χ2v) is 5.71. The Morgan fingerprint density at radius 1 is 1.33 bits per heavy atom. The molecule has 5 nitrogen and oxygen atoms in total. The summed E-state index contributed by atoms with van der Waals surface area (Å²) < 4.78 is 5.76. The van der Waals surface area contributed by atoms with E-state index in [9.17, 15) is 9.59 Å². The highest BCUT2D eigenvalue weighted by atomic mass is 16.5. The number of fused-ring (bicyclic) bond motifs is 1. The molecule has 1 N–H and O–H groups in total. The van der Waals surface area contributed by atoms with E-state index in [0.717, 1.165) is 24.3 Å². The molecule has 2 atom stereocenters. The number of benzene rings is 1. The summed E-state index contributed by atoms with van der Waals surface area (Å²) in [5.41, 5.74) is 0.791. The van der Waals surface area contributed by atoms with Crippen LogP contribution < -0.4 is 15.0 Å². The third-order valence-electron chi connectivity index (χ3n) is 3.97. The quantitative estimate of drug-likeness (QED) is 0.858. The van der Waals surface area contributed by atoms with Crippen molar-refractivity contribution < 1.29 is 14.3 Å². The predicted molar refractivity (Wildman–Crippen MR) is 79.3 cm³/mol. The fraction of sp³-hybridized carbons (Fsp3) is 0.500. The summed E-state index contributed by atoms with van der Waals surface area (Å²) in [5.74, 6) is 0.665. The van der Waals surface area contributed by atoms with E-state index in [1.165, 1.54) is 0 Å². The zero-order valence-electron chi connectivity index (χ0n) is 12.2. The minimum atomic E-state index is -0.418. The molecule has 0 bridgehead atoms. The summed E-state index contributed by atoms with van der Waals surface area (Å²) in [6, 6.07) is 7.13. The molecule has 0 aliphatic carbocycles. The van der Waals surface area contributed by atoms with Gasteiger partial charge in [0.15, 0.2) is 0 Å². The molecule has 21 heavy (non-hydrogen) atoms. The number of amides is 2. The Balaban J connectivity index is 1.85. The van der Waals surface area contributed by atoms with Gasteiger partial charge in [0.2, 0.25) is 11.8 Å². The molecule has 2 aliphatic heterocycles. The lowest BCUT2D eigenvalue weighted by atomic mass is 10.1. The topological polar surface area (TPSA) is 58.6 Å². The maximum Gasteiger partial charge on any atom is 0.249 e. The van der Waals surface area contributed by atoms with Gasteiger partial charge in [-0.05, 0) is 31.9 Å². The third kappa shape index (κ3) is 2.86. The van der Waals surface area contributed by atoms with Crippen molar-refractivity contribution >= 4 is 17.5 Å². The van der Waals surface area contributed by atoms with E-state index in [0.29, 0.717) is 19.4 Å². The van der Waals surface area contributed by atoms with Crippen molar-refractivity contribution in [2.75, 3.05) is 11.4 Å². The summed E-state index contributed by atoms with van der Waals surface area (Å²) >= 11 is 0. The summed E-state index contributed by atoms with van der Waals surface area (Å²) in [6.07, 6.45) is 2.92. The Hall–Kier alpha value is -2.04. The van der Waals surface area contributed by atoms with Crippen LogP contribution in [0.4, 0.5) is 5.69 Å². The molecule has 0 saturated carbocycles. The minimum absolute atomic E-state index is 0.0274. The lowest BCUT2D eigenvalue weighted by Crippen LogP contribution is -2.51. The number of hydrogen-bond acceptors (Lipinski definition) is 3. The number of nitrogens with zero attached hydrogens (tertiary/aromatic N) is 1. The minimum Gasteiger partial charge on any atom is -0.487 e. The van der Waals surface area contributed by atoms with Crippen LogP contribution in [0.1, 0.15) is 32.6 Å². The lowest BCUT2D eigenvalue weighted by molar-refractivity contribution is -0.127. The first-order valence-corrected chi connectivity index (χ1v) is 7.51. The molecule has 2 aliphatic rings. The van der Waals surface area contributed by atoms with Gasteiger partial charge >= 0.3 is 0 Å². The van der Waals surface area contributed by atoms with Crippen LogP contribution in [0.3, 0.4) is 0 Å². The van der Waals surface area contributed by atoms with Crippen LogP contribution >= 0.6 is 0 Å². The van der Waals surface area contributed by atoms with Crippen LogP contribution in [0.2, 0.25) is 0 Å². The summed E-state index contributed by atoms with van der Waals surface area (Å²) in [6.45, 7) is 2.46. The van der Waals surface area contributed by atoms with Gasteiger partial charge in [-0.3, -0.25) is 9.59 Å². The number of hydrogen-bond donors (Lipinski definition) is 1. The van der Waals surface area contributed by atoms with Crippen molar-refractivity contribution in [1.82, 2.24) is 5.32 Å². The monoisotopic (exact) mass is 288 g/mol. The van der Waals surface area contributed by atoms with E-state index in [-0.39, 0.29) is 17.9 Å². The average molecular weight is 288 g/mol. The Bertz CT molecular complexity index is 558. The van der Waals surface area contributed by atoms with Gasteiger partial charge in [-0.25, -0.2) is 0 Å². The predicted octanol–water partition coefficient (Wildman–Crippen LogP) is 1.86. The highest BCUT2D eigenvalue weighted by molar-refractivity contribution is 6.00. The van der Waals surface area contributed by atoms with E-state index >= 15 is 0 Å². The van der Waals surface area contributed by atoms with Gasteiger partial charge in [-0.2, -0.15) is 0 Å². The second-order valence-electron chi connectivity index (χ2n) is 5.71. The first-order valence-electron chi connectivity index (χ1n) is 7.51. The number of rotatable bonds is 1. The zero-order valence-corrected chi connectivity index (χ0v) is 12.2. The van der Waals surface area contributed by atoms with Crippen LogP contribution in [0.15, 0.2) is 24.3 Å². The largest absolute Gasteiger partial charge is 0.487 e. The molecule has 2 amide bonds. The smallest absolute Gasteiger partial charge is 0.249 e. The molecular weight excluding hydrogens is 268 g/mol. The number of carbonyl (C=O) groups is 2. The van der Waals surface area contributed by atoms with E-state index < -0.39 is 6.04 Å². The fourth-order valence-corrected chi connectivity index (χ4v) is 2.94. The SMILES string of the molecule is CC1CN(C(=O)C2CCCCC(=O)N2)c2ccccc2O1. The summed E-state index contributed by atoms with van der Waals surface area (Å²) in [5, 5.41) is 2.85. The fourth-order valence-electron chi connectivity index (χ4n) is 2.94. The molecule has 112 valence electrons. The van der Waals surface area contributed by atoms with Crippen LogP contribution in [-0.4, -0.2) is 30.5 Å². The van der Waals surface area contributed by atoms with Gasteiger partial charge < -0.3 is 15.0 Å². The molecule has 3 rings (SSSR count). The normalized spacial score (nSPS) is 25.4. The van der Waals surface area contributed by atoms with Gasteiger partial charge in [-0.15, -0.1) is 0 Å². The lowest BCUT2D eigenvalue weighted by Gasteiger charge is -2.35. The molecule has 1 aromatic carbocycles. The second kappa shape index (κ2) is 5.76. The van der Waals surface area contributed by atoms with Gasteiger partial charge in [-0.1, -0.05) is 18.6 Å². The Labute approximate surface area is 124 Å². The van der Waals surface area contributed by atoms with Crippen LogP contribution in [0.5, 0.6) is 5.75 Å². The van der Waals surface area contributed by atoms with Gasteiger partial charge in [0, 0.05) is 6.42 Å². The van der Waals surface area contributed by atoms with E-state index in [1.807, 2.05) is 31.2 Å². The highest BCUT2D eigenvalue weighted by Gasteiger charge is 2.33. The van der Waals surface area contributed by atoms with Crippen molar-refractivity contribution in [3.63, 3.8) is 0 Å². The average Bonchev–Trinajstić information content (AvgIpc) is 2.70. The van der Waals surface area contributed by atoms with Crippen LogP contribution in [0, 0.1) is 0 Å². The molecule has 2 heterocycles. The van der Waals surface area contributed by atoms with Crippen molar-refractivity contribution in [3.05, 3.63) is 24.3 Å². The Kier molecular flexibility index (Phi) is 3.82. The molecule has 1 saturated heterocycles. The highest BCUT2D eigenvalue weighted by Crippen LogP contribution is 2.33. The first kappa shape index (κ1) is 13.9. The number of para-hydroxylation sites is 2. The molecule has 0 radical (unpaired) electrons. The molecule has 0 spiro atoms. The maximum absolute atomic E-state index is 12.8. The molecule has 0 aromatic heterocycles. The van der Waals surface area contributed by atoms with Crippen molar-refractivity contribution in [1.29, 1.82) is 0 Å². The van der Waals surface area contributed by atoms with Gasteiger partial charge in [0.1, 0.15) is 17.9 Å².